The topological polar surface area (TPSA) is 154 Å². The van der Waals surface area contributed by atoms with Crippen LogP contribution in [0.4, 0.5) is 5.69 Å². The first-order valence-corrected chi connectivity index (χ1v) is 11.2. The molecule has 0 aliphatic carbocycles. The number of carbonyl (C=O) groups excluding carboxylic acids is 2. The summed E-state index contributed by atoms with van der Waals surface area (Å²) in [5, 5.41) is 33.8. The molecule has 0 bridgehead atoms. The number of aliphatic hydroxyl groups excluding tert-OH is 1. The quantitative estimate of drug-likeness (QED) is 0.200. The summed E-state index contributed by atoms with van der Waals surface area (Å²) in [6, 6.07) is 4.72. The maximum atomic E-state index is 12.9. The number of β-lactam (4-membered cyclic amide) rings is 1. The molecule has 0 spiro atoms. The highest BCUT2D eigenvalue weighted by molar-refractivity contribution is 8.06. The van der Waals surface area contributed by atoms with Crippen molar-refractivity contribution < 1.29 is 24.4 Å². The first-order chi connectivity index (χ1) is 15.3. The van der Waals surface area contributed by atoms with Crippen molar-refractivity contribution >= 4 is 41.1 Å². The number of hydrogen-bond donors (Lipinski definition) is 1. The van der Waals surface area contributed by atoms with E-state index >= 15 is 0 Å². The zero-order valence-electron chi connectivity index (χ0n) is 16.9. The third kappa shape index (κ3) is 4.08. The Kier molecular flexibility index (Phi) is 6.17. The second kappa shape index (κ2) is 8.88. The molecule has 2 aliphatic heterocycles. The number of fused-ring (bicyclic) bond motifs is 1. The summed E-state index contributed by atoms with van der Waals surface area (Å²) in [5.74, 6) is -1.54. The van der Waals surface area contributed by atoms with Crippen molar-refractivity contribution in [2.75, 3.05) is 0 Å². The smallest absolute Gasteiger partial charge is 0.334 e. The molecule has 12 nitrogen and oxygen atoms in total. The zero-order valence-corrected chi connectivity index (χ0v) is 18.5. The van der Waals surface area contributed by atoms with Crippen molar-refractivity contribution in [2.45, 2.75) is 36.2 Å². The maximum Gasteiger partial charge on any atom is 0.334 e. The van der Waals surface area contributed by atoms with Gasteiger partial charge in [-0.25, -0.2) is 9.48 Å². The maximum absolute atomic E-state index is 12.9. The second-order valence-corrected chi connectivity index (χ2v) is 9.20. The van der Waals surface area contributed by atoms with Crippen LogP contribution in [0, 0.1) is 16.0 Å². The highest BCUT2D eigenvalue weighted by atomic mass is 32.2. The Labute approximate surface area is 190 Å². The molecule has 1 N–H and O–H groups in total. The molecule has 1 aromatic carbocycles. The van der Waals surface area contributed by atoms with Crippen LogP contribution < -0.4 is 0 Å². The molecule has 1 unspecified atom stereocenters. The molecule has 0 radical (unpaired) electrons. The van der Waals surface area contributed by atoms with Crippen LogP contribution in [0.5, 0.6) is 0 Å². The number of aryl methyl sites for hydroxylation is 1. The first-order valence-electron chi connectivity index (χ1n) is 9.44. The molecule has 4 rings (SSSR count). The molecule has 2 aromatic rings. The van der Waals surface area contributed by atoms with E-state index in [0.717, 1.165) is 0 Å². The number of nitrogens with zero attached hydrogens (tertiary/aromatic N) is 6. The lowest BCUT2D eigenvalue weighted by atomic mass is 9.91. The lowest BCUT2D eigenvalue weighted by Crippen LogP contribution is -2.64. The van der Waals surface area contributed by atoms with Crippen molar-refractivity contribution in [2.24, 2.45) is 13.0 Å². The van der Waals surface area contributed by atoms with Crippen molar-refractivity contribution in [1.82, 2.24) is 25.1 Å². The summed E-state index contributed by atoms with van der Waals surface area (Å²) < 4.78 is 6.90. The molecule has 4 atom stereocenters. The van der Waals surface area contributed by atoms with E-state index < -0.39 is 29.0 Å². The molecular weight excluding hydrogens is 460 g/mol. The standard InChI is InChI=1S/C18H18N6O6S2/c1-9(25)13-15(26)23-14(12(32-16(13)23)8-31-18-19-20-21-22(18)2)17(27)30-7-10-3-5-11(6-4-10)24(28)29/h3-6,8-9,13-14,16,25H,7H2,1-2H3/t9-,13+,14?,16+/m0/s1. The van der Waals surface area contributed by atoms with E-state index in [1.165, 1.54) is 57.4 Å². The number of non-ortho nitro benzene ring substituents is 1. The Bertz CT molecular complexity index is 1090. The molecule has 1 amide bonds. The third-order valence-corrected chi connectivity index (χ3v) is 7.51. The number of nitro benzene ring substituents is 1. The molecule has 168 valence electrons. The van der Waals surface area contributed by atoms with Gasteiger partial charge in [0.25, 0.3) is 5.69 Å². The summed E-state index contributed by atoms with van der Waals surface area (Å²) >= 11 is 2.53. The average molecular weight is 479 g/mol. The highest BCUT2D eigenvalue weighted by Gasteiger charge is 2.60. The first kappa shape index (κ1) is 22.2. The number of carbonyl (C=O) groups is 2. The molecule has 2 saturated heterocycles. The van der Waals surface area contributed by atoms with Gasteiger partial charge in [-0.05, 0) is 40.5 Å². The molecule has 1 aromatic heterocycles. The minimum Gasteiger partial charge on any atom is -0.459 e. The summed E-state index contributed by atoms with van der Waals surface area (Å²) in [7, 11) is 1.68. The molecule has 0 saturated carbocycles. The lowest BCUT2D eigenvalue weighted by Gasteiger charge is -2.44. The van der Waals surface area contributed by atoms with Crippen LogP contribution in [0.15, 0.2) is 39.7 Å². The van der Waals surface area contributed by atoms with Crippen LogP contribution in [-0.4, -0.2) is 64.5 Å². The van der Waals surface area contributed by atoms with Crippen molar-refractivity contribution in [3.63, 3.8) is 0 Å². The van der Waals surface area contributed by atoms with Gasteiger partial charge in [0.05, 0.1) is 22.3 Å². The molecular formula is C18H18N6O6S2. The van der Waals surface area contributed by atoms with Gasteiger partial charge < -0.3 is 14.7 Å². The molecule has 2 aliphatic rings. The Morgan fingerprint density at radius 2 is 2.16 bits per heavy atom. The fourth-order valence-electron chi connectivity index (χ4n) is 3.40. The van der Waals surface area contributed by atoms with Gasteiger partial charge in [-0.3, -0.25) is 14.9 Å². The number of thioether (sulfide) groups is 2. The van der Waals surface area contributed by atoms with E-state index in [2.05, 4.69) is 15.5 Å². The van der Waals surface area contributed by atoms with Gasteiger partial charge in [-0.15, -0.1) is 16.9 Å². The van der Waals surface area contributed by atoms with Gasteiger partial charge in [0, 0.05) is 24.1 Å². The number of tetrazole rings is 1. The van der Waals surface area contributed by atoms with Crippen LogP contribution >= 0.6 is 23.5 Å². The number of benzene rings is 1. The van der Waals surface area contributed by atoms with Gasteiger partial charge in [-0.2, -0.15) is 0 Å². The second-order valence-electron chi connectivity index (χ2n) is 7.18. The van der Waals surface area contributed by atoms with Gasteiger partial charge in [0.15, 0.2) is 6.04 Å². The Morgan fingerprint density at radius 1 is 1.44 bits per heavy atom. The van der Waals surface area contributed by atoms with Gasteiger partial charge in [0.2, 0.25) is 11.1 Å². The van der Waals surface area contributed by atoms with Crippen molar-refractivity contribution in [3.8, 4) is 0 Å². The predicted molar refractivity (Wildman–Crippen MR) is 113 cm³/mol. The lowest BCUT2D eigenvalue weighted by molar-refractivity contribution is -0.384. The number of ether oxygens (including phenoxy) is 1. The van der Waals surface area contributed by atoms with E-state index in [1.54, 1.807) is 19.4 Å². The van der Waals surface area contributed by atoms with E-state index in [4.69, 9.17) is 4.74 Å². The van der Waals surface area contributed by atoms with Crippen LogP contribution in [0.1, 0.15) is 12.5 Å². The molecule has 32 heavy (non-hydrogen) atoms. The number of nitro groups is 1. The molecule has 2 fully saturated rings. The Morgan fingerprint density at radius 3 is 2.75 bits per heavy atom. The van der Waals surface area contributed by atoms with Gasteiger partial charge in [0.1, 0.15) is 6.61 Å². The fraction of sp³-hybridized carbons (Fsp3) is 0.389. The van der Waals surface area contributed by atoms with Gasteiger partial charge in [-0.1, -0.05) is 11.8 Å². The van der Waals surface area contributed by atoms with E-state index in [0.29, 0.717) is 15.6 Å². The average Bonchev–Trinajstić information content (AvgIpc) is 3.31. The fourth-order valence-corrected chi connectivity index (χ4v) is 5.84. The van der Waals surface area contributed by atoms with Crippen LogP contribution in [0.2, 0.25) is 0 Å². The molecule has 3 heterocycles. The van der Waals surface area contributed by atoms with E-state index in [1.807, 2.05) is 0 Å². The normalized spacial score (nSPS) is 24.2. The number of hydrogen-bond acceptors (Lipinski definition) is 11. The highest BCUT2D eigenvalue weighted by Crippen LogP contribution is 2.51. The van der Waals surface area contributed by atoms with Crippen LogP contribution in [0.3, 0.4) is 0 Å². The zero-order chi connectivity index (χ0) is 23.0. The van der Waals surface area contributed by atoms with Crippen LogP contribution in [0.25, 0.3) is 0 Å². The number of rotatable bonds is 7. The van der Waals surface area contributed by atoms with E-state index in [9.17, 15) is 24.8 Å². The van der Waals surface area contributed by atoms with Gasteiger partial charge >= 0.3 is 5.97 Å². The SMILES string of the molecule is C[C@H](O)[C@@H]1C(=O)N2C(C(=O)OCc3ccc([N+](=O)[O-])cc3)C(=CSc3nnnn3C)S[C@H]12. The summed E-state index contributed by atoms with van der Waals surface area (Å²) in [6.45, 7) is 1.45. The predicted octanol–water partition coefficient (Wildman–Crippen LogP) is 1.08. The Balaban J connectivity index is 1.51. The van der Waals surface area contributed by atoms with Crippen LogP contribution in [-0.2, 0) is 28.0 Å². The largest absolute Gasteiger partial charge is 0.459 e. The summed E-state index contributed by atoms with van der Waals surface area (Å²) in [5.41, 5.74) is 0.513. The minimum absolute atomic E-state index is 0.0639. The monoisotopic (exact) mass is 478 g/mol. The summed E-state index contributed by atoms with van der Waals surface area (Å²) in [4.78, 5) is 37.8. The number of amides is 1. The molecule has 14 heteroatoms. The third-order valence-electron chi connectivity index (χ3n) is 5.06. The van der Waals surface area contributed by atoms with Crippen molar-refractivity contribution in [1.29, 1.82) is 0 Å². The Hall–Kier alpha value is -2.97. The summed E-state index contributed by atoms with van der Waals surface area (Å²) in [6.07, 6.45) is -0.844. The van der Waals surface area contributed by atoms with E-state index in [-0.39, 0.29) is 23.6 Å². The number of aromatic nitrogens is 4. The minimum atomic E-state index is -0.945. The number of aliphatic hydroxyl groups is 1. The van der Waals surface area contributed by atoms with Crippen molar-refractivity contribution in [3.05, 3.63) is 50.3 Å². The number of esters is 1.